The van der Waals surface area contributed by atoms with E-state index in [0.717, 1.165) is 33.7 Å². The van der Waals surface area contributed by atoms with Crippen molar-refractivity contribution in [1.29, 1.82) is 0 Å². The number of carbonyl (C=O) groups is 2. The average Bonchev–Trinajstić information content (AvgIpc) is 2.75. The third-order valence-corrected chi connectivity index (χ3v) is 6.51. The molecule has 32 heavy (non-hydrogen) atoms. The number of amides is 2. The highest BCUT2D eigenvalue weighted by molar-refractivity contribution is 7.92. The van der Waals surface area contributed by atoms with Gasteiger partial charge in [-0.25, -0.2) is 8.42 Å². The lowest BCUT2D eigenvalue weighted by atomic mass is 10.1. The first-order valence-electron chi connectivity index (χ1n) is 10.7. The Bertz CT molecular complexity index is 1040. The first kappa shape index (κ1) is 25.4. The summed E-state index contributed by atoms with van der Waals surface area (Å²) >= 11 is 0. The number of carbonyl (C=O) groups excluding carboxylic acids is 2. The fraction of sp³-hybridized carbons (Fsp3) is 0.417. The summed E-state index contributed by atoms with van der Waals surface area (Å²) in [5.41, 5.74) is 3.23. The molecule has 174 valence electrons. The summed E-state index contributed by atoms with van der Waals surface area (Å²) < 4.78 is 26.2. The van der Waals surface area contributed by atoms with Crippen molar-refractivity contribution in [1.82, 2.24) is 10.2 Å². The summed E-state index contributed by atoms with van der Waals surface area (Å²) in [6.07, 6.45) is 1.86. The van der Waals surface area contributed by atoms with Crippen LogP contribution in [0.15, 0.2) is 48.5 Å². The molecule has 2 amide bonds. The highest BCUT2D eigenvalue weighted by Crippen LogP contribution is 2.22. The van der Waals surface area contributed by atoms with Crippen LogP contribution in [0.5, 0.6) is 0 Å². The summed E-state index contributed by atoms with van der Waals surface area (Å²) in [5.74, 6) is -0.718. The van der Waals surface area contributed by atoms with Gasteiger partial charge in [-0.15, -0.1) is 0 Å². The molecule has 7 nitrogen and oxygen atoms in total. The van der Waals surface area contributed by atoms with Gasteiger partial charge >= 0.3 is 0 Å². The second-order valence-electron chi connectivity index (χ2n) is 8.01. The monoisotopic (exact) mass is 459 g/mol. The first-order chi connectivity index (χ1) is 15.0. The molecule has 0 aliphatic rings. The van der Waals surface area contributed by atoms with E-state index in [1.165, 1.54) is 4.90 Å². The fourth-order valence-corrected chi connectivity index (χ4v) is 4.09. The minimum atomic E-state index is -3.72. The lowest BCUT2D eigenvalue weighted by Crippen LogP contribution is -2.51. The summed E-state index contributed by atoms with van der Waals surface area (Å²) in [4.78, 5) is 27.5. The molecule has 2 aromatic rings. The van der Waals surface area contributed by atoms with E-state index in [-0.39, 0.29) is 19.0 Å². The largest absolute Gasteiger partial charge is 0.354 e. The van der Waals surface area contributed by atoms with Gasteiger partial charge in [-0.1, -0.05) is 43.3 Å². The van der Waals surface area contributed by atoms with E-state index in [9.17, 15) is 18.0 Å². The van der Waals surface area contributed by atoms with Gasteiger partial charge in [-0.05, 0) is 56.0 Å². The summed E-state index contributed by atoms with van der Waals surface area (Å²) in [7, 11) is -3.72. The quantitative estimate of drug-likeness (QED) is 0.592. The lowest BCUT2D eigenvalue weighted by Gasteiger charge is -2.31. The highest BCUT2D eigenvalue weighted by atomic mass is 32.2. The van der Waals surface area contributed by atoms with Gasteiger partial charge in [-0.3, -0.25) is 13.9 Å². The van der Waals surface area contributed by atoms with Crippen molar-refractivity contribution in [2.75, 3.05) is 23.7 Å². The average molecular weight is 460 g/mol. The van der Waals surface area contributed by atoms with Crippen LogP contribution in [-0.2, 0) is 26.2 Å². The van der Waals surface area contributed by atoms with Crippen molar-refractivity contribution in [2.45, 2.75) is 46.7 Å². The zero-order chi connectivity index (χ0) is 23.9. The maximum Gasteiger partial charge on any atom is 0.244 e. The Balaban J connectivity index is 2.36. The Hall–Kier alpha value is -2.87. The highest BCUT2D eigenvalue weighted by Gasteiger charge is 2.30. The van der Waals surface area contributed by atoms with Gasteiger partial charge in [0.1, 0.15) is 12.6 Å². The fourth-order valence-electron chi connectivity index (χ4n) is 3.25. The molecule has 1 N–H and O–H groups in total. The molecule has 0 fully saturated rings. The molecule has 0 aromatic heterocycles. The van der Waals surface area contributed by atoms with Gasteiger partial charge in [0.05, 0.1) is 11.9 Å². The third-order valence-electron chi connectivity index (χ3n) is 5.37. The molecule has 0 aliphatic heterocycles. The van der Waals surface area contributed by atoms with Gasteiger partial charge in [-0.2, -0.15) is 0 Å². The Morgan fingerprint density at radius 2 is 1.69 bits per heavy atom. The van der Waals surface area contributed by atoms with Crippen molar-refractivity contribution in [3.8, 4) is 0 Å². The molecule has 2 aromatic carbocycles. The van der Waals surface area contributed by atoms with E-state index in [4.69, 9.17) is 0 Å². The zero-order valence-electron chi connectivity index (χ0n) is 19.5. The number of rotatable bonds is 10. The molecule has 0 saturated carbocycles. The van der Waals surface area contributed by atoms with Crippen molar-refractivity contribution in [2.24, 2.45) is 0 Å². The molecular formula is C24H33N3O4S. The molecule has 2 rings (SSSR count). The van der Waals surface area contributed by atoms with Gasteiger partial charge < -0.3 is 10.2 Å². The van der Waals surface area contributed by atoms with Crippen LogP contribution >= 0.6 is 0 Å². The molecule has 0 spiro atoms. The Labute approximate surface area is 191 Å². The van der Waals surface area contributed by atoms with Crippen LogP contribution in [0.3, 0.4) is 0 Å². The second kappa shape index (κ2) is 11.1. The van der Waals surface area contributed by atoms with E-state index < -0.39 is 22.0 Å². The van der Waals surface area contributed by atoms with Gasteiger partial charge in [0.2, 0.25) is 21.8 Å². The second-order valence-corrected chi connectivity index (χ2v) is 9.92. The van der Waals surface area contributed by atoms with Crippen LogP contribution in [0.2, 0.25) is 0 Å². The standard InChI is InChI=1S/C24H33N3O4S/c1-6-14-25-24(29)20(4)26(16-21-10-8-7-9-11-21)23(28)17-27(32(5,30)31)22-13-12-18(2)19(3)15-22/h7-13,15,20H,6,14,16-17H2,1-5H3,(H,25,29)/t20-/m0/s1. The number of hydrogen-bond acceptors (Lipinski definition) is 4. The number of aryl methyl sites for hydroxylation is 2. The Morgan fingerprint density at radius 3 is 2.25 bits per heavy atom. The Kier molecular flexibility index (Phi) is 8.83. The first-order valence-corrected chi connectivity index (χ1v) is 12.6. The van der Waals surface area contributed by atoms with Crippen molar-refractivity contribution in [3.63, 3.8) is 0 Å². The van der Waals surface area contributed by atoms with Crippen LogP contribution < -0.4 is 9.62 Å². The maximum absolute atomic E-state index is 13.4. The summed E-state index contributed by atoms with van der Waals surface area (Å²) in [5, 5.41) is 2.82. The van der Waals surface area contributed by atoms with Crippen molar-refractivity contribution >= 4 is 27.5 Å². The molecule has 1 atom stereocenters. The molecule has 0 radical (unpaired) electrons. The smallest absolute Gasteiger partial charge is 0.244 e. The van der Waals surface area contributed by atoms with E-state index >= 15 is 0 Å². The Morgan fingerprint density at radius 1 is 1.03 bits per heavy atom. The molecule has 0 aliphatic carbocycles. The number of hydrogen-bond donors (Lipinski definition) is 1. The summed E-state index contributed by atoms with van der Waals surface area (Å²) in [6.45, 7) is 7.76. The molecule has 0 saturated heterocycles. The van der Waals surface area contributed by atoms with E-state index in [0.29, 0.717) is 12.2 Å². The van der Waals surface area contributed by atoms with Crippen LogP contribution in [0.25, 0.3) is 0 Å². The number of sulfonamides is 1. The van der Waals surface area contributed by atoms with Gasteiger partial charge in [0, 0.05) is 13.1 Å². The van der Waals surface area contributed by atoms with Crippen LogP contribution in [0.1, 0.15) is 37.0 Å². The third kappa shape index (κ3) is 6.82. The van der Waals surface area contributed by atoms with Gasteiger partial charge in [0.15, 0.2) is 0 Å². The number of anilines is 1. The summed E-state index contributed by atoms with van der Waals surface area (Å²) in [6, 6.07) is 13.8. The van der Waals surface area contributed by atoms with E-state index in [1.54, 1.807) is 19.1 Å². The molecule has 8 heteroatoms. The zero-order valence-corrected chi connectivity index (χ0v) is 20.3. The van der Waals surface area contributed by atoms with Crippen LogP contribution in [-0.4, -0.2) is 50.5 Å². The topological polar surface area (TPSA) is 86.8 Å². The van der Waals surface area contributed by atoms with E-state index in [1.807, 2.05) is 57.2 Å². The number of benzene rings is 2. The molecular weight excluding hydrogens is 426 g/mol. The molecule has 0 bridgehead atoms. The molecule has 0 heterocycles. The number of nitrogens with zero attached hydrogens (tertiary/aromatic N) is 2. The SMILES string of the molecule is CCCNC(=O)[C@H](C)N(Cc1ccccc1)C(=O)CN(c1ccc(C)c(C)c1)S(C)(=O)=O. The molecule has 0 unspecified atom stereocenters. The normalized spacial score (nSPS) is 12.2. The lowest BCUT2D eigenvalue weighted by molar-refractivity contribution is -0.139. The van der Waals surface area contributed by atoms with Gasteiger partial charge in [0.25, 0.3) is 0 Å². The van der Waals surface area contributed by atoms with Crippen molar-refractivity contribution in [3.05, 3.63) is 65.2 Å². The van der Waals surface area contributed by atoms with Crippen LogP contribution in [0, 0.1) is 13.8 Å². The predicted octanol–water partition coefficient (Wildman–Crippen LogP) is 3.01. The van der Waals surface area contributed by atoms with Crippen molar-refractivity contribution < 1.29 is 18.0 Å². The minimum Gasteiger partial charge on any atom is -0.354 e. The van der Waals surface area contributed by atoms with Crippen LogP contribution in [0.4, 0.5) is 5.69 Å². The number of nitrogens with one attached hydrogen (secondary N) is 1. The predicted molar refractivity (Wildman–Crippen MR) is 128 cm³/mol. The minimum absolute atomic E-state index is 0.199. The maximum atomic E-state index is 13.4. The van der Waals surface area contributed by atoms with E-state index in [2.05, 4.69) is 5.32 Å².